The van der Waals surface area contributed by atoms with Crippen molar-refractivity contribution in [2.45, 2.75) is 6.42 Å². The average molecular weight is 251 g/mol. The Morgan fingerprint density at radius 2 is 2.06 bits per heavy atom. The number of aromatic nitrogens is 2. The summed E-state index contributed by atoms with van der Waals surface area (Å²) in [7, 11) is 0. The van der Waals surface area contributed by atoms with Gasteiger partial charge in [-0.2, -0.15) is 0 Å². The summed E-state index contributed by atoms with van der Waals surface area (Å²) in [6.07, 6.45) is 3.65. The third-order valence-electron chi connectivity index (χ3n) is 2.22. The first-order valence-electron chi connectivity index (χ1n) is 5.16. The molecule has 0 radical (unpaired) electrons. The van der Waals surface area contributed by atoms with Gasteiger partial charge in [-0.25, -0.2) is 4.98 Å². The van der Waals surface area contributed by atoms with Crippen LogP contribution in [-0.4, -0.2) is 16.6 Å². The van der Waals surface area contributed by atoms with E-state index in [2.05, 4.69) is 9.97 Å². The van der Waals surface area contributed by atoms with Crippen LogP contribution in [0.4, 0.5) is 0 Å². The van der Waals surface area contributed by atoms with Crippen LogP contribution in [0.3, 0.4) is 0 Å². The van der Waals surface area contributed by atoms with E-state index in [0.29, 0.717) is 18.1 Å². The predicted molar refractivity (Wildman–Crippen MR) is 65.5 cm³/mol. The SMILES string of the molecule is O=c1[nH]ccnc1OCCc1ccc(Cl)cc1. The summed E-state index contributed by atoms with van der Waals surface area (Å²) >= 11 is 5.78. The molecule has 1 heterocycles. The zero-order valence-corrected chi connectivity index (χ0v) is 9.78. The number of rotatable bonds is 4. The first-order chi connectivity index (χ1) is 8.25. The van der Waals surface area contributed by atoms with E-state index in [9.17, 15) is 4.79 Å². The predicted octanol–water partition coefficient (Wildman–Crippen LogP) is 2.04. The molecule has 0 atom stereocenters. The largest absolute Gasteiger partial charge is 0.473 e. The van der Waals surface area contributed by atoms with Gasteiger partial charge in [0.2, 0.25) is 0 Å². The lowest BCUT2D eigenvalue weighted by Crippen LogP contribution is -2.13. The number of benzene rings is 1. The molecular weight excluding hydrogens is 240 g/mol. The van der Waals surface area contributed by atoms with E-state index in [0.717, 1.165) is 5.56 Å². The number of ether oxygens (including phenoxy) is 1. The van der Waals surface area contributed by atoms with E-state index in [1.165, 1.54) is 12.4 Å². The van der Waals surface area contributed by atoms with Gasteiger partial charge in [0.15, 0.2) is 0 Å². The maximum absolute atomic E-state index is 11.2. The van der Waals surface area contributed by atoms with Gasteiger partial charge < -0.3 is 9.72 Å². The maximum Gasteiger partial charge on any atom is 0.310 e. The molecular formula is C12H11ClN2O2. The minimum absolute atomic E-state index is 0.0986. The smallest absolute Gasteiger partial charge is 0.310 e. The van der Waals surface area contributed by atoms with Gasteiger partial charge in [-0.05, 0) is 17.7 Å². The molecule has 4 nitrogen and oxygen atoms in total. The molecule has 2 aromatic rings. The van der Waals surface area contributed by atoms with Gasteiger partial charge in [-0.15, -0.1) is 0 Å². The van der Waals surface area contributed by atoms with Crippen molar-refractivity contribution in [3.05, 3.63) is 57.6 Å². The van der Waals surface area contributed by atoms with Crippen LogP contribution >= 0.6 is 11.6 Å². The van der Waals surface area contributed by atoms with Crippen molar-refractivity contribution < 1.29 is 4.74 Å². The van der Waals surface area contributed by atoms with Crippen LogP contribution in [0.25, 0.3) is 0 Å². The van der Waals surface area contributed by atoms with Crippen LogP contribution in [0, 0.1) is 0 Å². The van der Waals surface area contributed by atoms with E-state index in [1.807, 2.05) is 24.3 Å². The molecule has 0 amide bonds. The lowest BCUT2D eigenvalue weighted by molar-refractivity contribution is 0.304. The number of nitrogens with zero attached hydrogens (tertiary/aromatic N) is 1. The normalized spacial score (nSPS) is 10.2. The van der Waals surface area contributed by atoms with Gasteiger partial charge in [0.25, 0.3) is 5.88 Å². The fourth-order valence-electron chi connectivity index (χ4n) is 1.36. The fraction of sp³-hybridized carbons (Fsp3) is 0.167. The van der Waals surface area contributed by atoms with Crippen LogP contribution in [0.15, 0.2) is 41.5 Å². The summed E-state index contributed by atoms with van der Waals surface area (Å²) in [5, 5.41) is 0.704. The monoisotopic (exact) mass is 250 g/mol. The van der Waals surface area contributed by atoms with Gasteiger partial charge in [-0.3, -0.25) is 4.79 Å². The summed E-state index contributed by atoms with van der Waals surface area (Å²) in [6, 6.07) is 7.50. The van der Waals surface area contributed by atoms with Crippen LogP contribution in [0.5, 0.6) is 5.88 Å². The van der Waals surface area contributed by atoms with Crippen molar-refractivity contribution in [1.82, 2.24) is 9.97 Å². The number of hydrogen-bond acceptors (Lipinski definition) is 3. The minimum Gasteiger partial charge on any atom is -0.473 e. The highest BCUT2D eigenvalue weighted by molar-refractivity contribution is 6.30. The third-order valence-corrected chi connectivity index (χ3v) is 2.47. The zero-order chi connectivity index (χ0) is 12.1. The van der Waals surface area contributed by atoms with E-state index < -0.39 is 0 Å². The van der Waals surface area contributed by atoms with Crippen molar-refractivity contribution in [2.24, 2.45) is 0 Å². The van der Waals surface area contributed by atoms with Crippen LogP contribution < -0.4 is 10.3 Å². The zero-order valence-electron chi connectivity index (χ0n) is 9.02. The molecule has 1 aromatic heterocycles. The molecule has 5 heteroatoms. The molecule has 0 aliphatic heterocycles. The van der Waals surface area contributed by atoms with Crippen molar-refractivity contribution >= 4 is 11.6 Å². The van der Waals surface area contributed by atoms with Crippen molar-refractivity contribution in [3.8, 4) is 5.88 Å². The molecule has 0 spiro atoms. The summed E-state index contributed by atoms with van der Waals surface area (Å²) in [6.45, 7) is 0.404. The molecule has 1 aromatic carbocycles. The second-order valence-corrected chi connectivity index (χ2v) is 3.88. The lowest BCUT2D eigenvalue weighted by Gasteiger charge is -2.04. The van der Waals surface area contributed by atoms with Crippen molar-refractivity contribution in [1.29, 1.82) is 0 Å². The van der Waals surface area contributed by atoms with Crippen molar-refractivity contribution in [3.63, 3.8) is 0 Å². The Morgan fingerprint density at radius 1 is 1.29 bits per heavy atom. The Balaban J connectivity index is 1.90. The molecule has 0 aliphatic carbocycles. The second-order valence-electron chi connectivity index (χ2n) is 3.45. The third kappa shape index (κ3) is 3.32. The van der Waals surface area contributed by atoms with Crippen LogP contribution in [0.2, 0.25) is 5.02 Å². The van der Waals surface area contributed by atoms with Crippen LogP contribution in [-0.2, 0) is 6.42 Å². The van der Waals surface area contributed by atoms with Gasteiger partial charge in [-0.1, -0.05) is 23.7 Å². The number of aromatic amines is 1. The quantitative estimate of drug-likeness (QED) is 0.904. The maximum atomic E-state index is 11.2. The molecule has 2 rings (SSSR count). The summed E-state index contributed by atoms with van der Waals surface area (Å²) in [4.78, 5) is 17.6. The first kappa shape index (κ1) is 11.7. The highest BCUT2D eigenvalue weighted by Crippen LogP contribution is 2.10. The summed E-state index contributed by atoms with van der Waals surface area (Å²) in [5.74, 6) is 0.0986. The molecule has 0 saturated carbocycles. The Bertz CT molecular complexity index is 537. The van der Waals surface area contributed by atoms with Gasteiger partial charge >= 0.3 is 5.56 Å². The highest BCUT2D eigenvalue weighted by Gasteiger charge is 2.00. The van der Waals surface area contributed by atoms with Gasteiger partial charge in [0.05, 0.1) is 6.61 Å². The molecule has 0 saturated heterocycles. The molecule has 0 aliphatic rings. The molecule has 88 valence electrons. The molecule has 0 fully saturated rings. The van der Waals surface area contributed by atoms with Crippen molar-refractivity contribution in [2.75, 3.05) is 6.61 Å². The highest BCUT2D eigenvalue weighted by atomic mass is 35.5. The molecule has 0 unspecified atom stereocenters. The topological polar surface area (TPSA) is 55.0 Å². The Hall–Kier alpha value is -1.81. The summed E-state index contributed by atoms with van der Waals surface area (Å²) in [5.41, 5.74) is 0.783. The number of H-pyrrole nitrogens is 1. The molecule has 0 bridgehead atoms. The van der Waals surface area contributed by atoms with E-state index in [1.54, 1.807) is 0 Å². The average Bonchev–Trinajstić information content (AvgIpc) is 2.34. The van der Waals surface area contributed by atoms with Gasteiger partial charge in [0, 0.05) is 23.8 Å². The van der Waals surface area contributed by atoms with E-state index in [4.69, 9.17) is 16.3 Å². The van der Waals surface area contributed by atoms with E-state index in [-0.39, 0.29) is 11.4 Å². The molecule has 1 N–H and O–H groups in total. The fourth-order valence-corrected chi connectivity index (χ4v) is 1.48. The minimum atomic E-state index is -0.316. The first-order valence-corrected chi connectivity index (χ1v) is 5.54. The Labute approximate surface area is 103 Å². The van der Waals surface area contributed by atoms with Gasteiger partial charge in [0.1, 0.15) is 0 Å². The number of halogens is 1. The van der Waals surface area contributed by atoms with Crippen LogP contribution in [0.1, 0.15) is 5.56 Å². The second kappa shape index (κ2) is 5.50. The standard InChI is InChI=1S/C12H11ClN2O2/c13-10-3-1-9(2-4-10)5-8-17-12-11(16)14-6-7-15-12/h1-4,6-7H,5,8H2,(H,14,16). The number of nitrogens with one attached hydrogen (secondary N) is 1. The molecule has 17 heavy (non-hydrogen) atoms. The number of hydrogen-bond donors (Lipinski definition) is 1. The van der Waals surface area contributed by atoms with E-state index >= 15 is 0 Å². The Kier molecular flexibility index (Phi) is 3.77. The summed E-state index contributed by atoms with van der Waals surface area (Å²) < 4.78 is 5.28. The lowest BCUT2D eigenvalue weighted by atomic mass is 10.2. The Morgan fingerprint density at radius 3 is 2.76 bits per heavy atom.